The summed E-state index contributed by atoms with van der Waals surface area (Å²) in [5, 5.41) is 0. The normalized spacial score (nSPS) is 16.1. The predicted molar refractivity (Wildman–Crippen MR) is 93.6 cm³/mol. The van der Waals surface area contributed by atoms with E-state index in [1.54, 1.807) is 0 Å². The van der Waals surface area contributed by atoms with Crippen molar-refractivity contribution in [1.29, 1.82) is 0 Å². The monoisotopic (exact) mass is 344 g/mol. The third kappa shape index (κ3) is 3.59. The molecule has 1 heterocycles. The summed E-state index contributed by atoms with van der Waals surface area (Å²) in [5.74, 6) is 0.792. The molecule has 0 aromatic heterocycles. The molecule has 0 radical (unpaired) electrons. The molecule has 2 nitrogen and oxygen atoms in total. The fraction of sp³-hybridized carbons (Fsp3) is 0.333. The van der Waals surface area contributed by atoms with Gasteiger partial charge in [0.2, 0.25) is 0 Å². The smallest absolute Gasteiger partial charge is 0.0600 e. The van der Waals surface area contributed by atoms with Gasteiger partial charge in [0.15, 0.2) is 0 Å². The molecule has 0 spiro atoms. The third-order valence-electron chi connectivity index (χ3n) is 4.31. The maximum atomic E-state index is 6.14. The summed E-state index contributed by atoms with van der Waals surface area (Å²) in [7, 11) is 0. The Balaban J connectivity index is 1.60. The van der Waals surface area contributed by atoms with Gasteiger partial charge in [-0.2, -0.15) is 0 Å². The van der Waals surface area contributed by atoms with Crippen LogP contribution in [0.1, 0.15) is 18.4 Å². The van der Waals surface area contributed by atoms with Gasteiger partial charge in [-0.15, -0.1) is 0 Å². The van der Waals surface area contributed by atoms with Gasteiger partial charge in [-0.3, -0.25) is 0 Å². The Labute approximate surface area is 135 Å². The molecule has 21 heavy (non-hydrogen) atoms. The summed E-state index contributed by atoms with van der Waals surface area (Å²) in [6, 6.07) is 17.0. The highest BCUT2D eigenvalue weighted by Crippen LogP contribution is 2.31. The van der Waals surface area contributed by atoms with Crippen LogP contribution in [0.3, 0.4) is 0 Å². The first kappa shape index (κ1) is 14.5. The largest absolute Gasteiger partial charge is 0.397 e. The van der Waals surface area contributed by atoms with Crippen LogP contribution < -0.4 is 10.6 Å². The molecule has 0 unspecified atom stereocenters. The first-order chi connectivity index (χ1) is 10.2. The van der Waals surface area contributed by atoms with Crippen molar-refractivity contribution in [2.24, 2.45) is 5.92 Å². The Morgan fingerprint density at radius 2 is 1.76 bits per heavy atom. The highest BCUT2D eigenvalue weighted by Gasteiger charge is 2.20. The van der Waals surface area contributed by atoms with Gasteiger partial charge in [0, 0.05) is 17.6 Å². The zero-order valence-electron chi connectivity index (χ0n) is 12.1. The van der Waals surface area contributed by atoms with Crippen LogP contribution in [0.2, 0.25) is 0 Å². The number of anilines is 2. The first-order valence-electron chi connectivity index (χ1n) is 7.56. The Hall–Kier alpha value is -1.48. The second-order valence-corrected chi connectivity index (χ2v) is 6.74. The molecule has 1 aliphatic rings. The number of rotatable bonds is 3. The zero-order valence-corrected chi connectivity index (χ0v) is 13.7. The Morgan fingerprint density at radius 1 is 1.05 bits per heavy atom. The van der Waals surface area contributed by atoms with E-state index in [1.807, 2.05) is 6.07 Å². The Bertz CT molecular complexity index is 589. The van der Waals surface area contributed by atoms with E-state index in [1.165, 1.54) is 30.5 Å². The number of halogens is 1. The molecular weight excluding hydrogens is 324 g/mol. The van der Waals surface area contributed by atoms with E-state index in [-0.39, 0.29) is 0 Å². The average Bonchev–Trinajstić information content (AvgIpc) is 2.49. The topological polar surface area (TPSA) is 29.3 Å². The molecule has 3 rings (SSSR count). The van der Waals surface area contributed by atoms with Gasteiger partial charge in [0.1, 0.15) is 0 Å². The molecule has 0 atom stereocenters. The van der Waals surface area contributed by atoms with Crippen LogP contribution in [-0.2, 0) is 6.42 Å². The van der Waals surface area contributed by atoms with Crippen molar-refractivity contribution in [3.63, 3.8) is 0 Å². The molecule has 2 N–H and O–H groups in total. The minimum atomic E-state index is 0.792. The molecule has 2 aromatic rings. The number of nitrogens with two attached hydrogens (primary N) is 1. The summed E-state index contributed by atoms with van der Waals surface area (Å²) < 4.78 is 1.04. The molecule has 0 aliphatic carbocycles. The predicted octanol–water partition coefficient (Wildman–Crippen LogP) is 4.49. The van der Waals surface area contributed by atoms with Gasteiger partial charge in [0.25, 0.3) is 0 Å². The van der Waals surface area contributed by atoms with Crippen molar-refractivity contribution >= 4 is 27.3 Å². The number of piperidine rings is 1. The number of benzene rings is 2. The Morgan fingerprint density at radius 3 is 2.43 bits per heavy atom. The maximum absolute atomic E-state index is 6.14. The van der Waals surface area contributed by atoms with E-state index >= 15 is 0 Å². The average molecular weight is 345 g/mol. The lowest BCUT2D eigenvalue weighted by Gasteiger charge is -2.34. The zero-order chi connectivity index (χ0) is 14.7. The van der Waals surface area contributed by atoms with E-state index in [4.69, 9.17) is 5.73 Å². The first-order valence-corrected chi connectivity index (χ1v) is 8.35. The van der Waals surface area contributed by atoms with Gasteiger partial charge in [-0.1, -0.05) is 46.3 Å². The van der Waals surface area contributed by atoms with E-state index < -0.39 is 0 Å². The van der Waals surface area contributed by atoms with Crippen molar-refractivity contribution in [2.75, 3.05) is 23.7 Å². The molecule has 2 aromatic carbocycles. The molecule has 0 amide bonds. The SMILES string of the molecule is Nc1cc(Br)ccc1N1CCC(Cc2ccccc2)CC1. The second-order valence-electron chi connectivity index (χ2n) is 5.82. The molecule has 110 valence electrons. The van der Waals surface area contributed by atoms with Crippen molar-refractivity contribution in [3.05, 3.63) is 58.6 Å². The van der Waals surface area contributed by atoms with Gasteiger partial charge >= 0.3 is 0 Å². The van der Waals surface area contributed by atoms with Crippen LogP contribution in [0.15, 0.2) is 53.0 Å². The number of nitrogen functional groups attached to an aromatic ring is 1. The highest BCUT2D eigenvalue weighted by atomic mass is 79.9. The fourth-order valence-electron chi connectivity index (χ4n) is 3.14. The third-order valence-corrected chi connectivity index (χ3v) is 4.81. The summed E-state index contributed by atoms with van der Waals surface area (Å²) in [6.45, 7) is 2.20. The van der Waals surface area contributed by atoms with Gasteiger partial charge < -0.3 is 10.6 Å². The lowest BCUT2D eigenvalue weighted by Crippen LogP contribution is -2.34. The number of nitrogens with zero attached hydrogens (tertiary/aromatic N) is 1. The van der Waals surface area contributed by atoms with Crippen LogP contribution in [-0.4, -0.2) is 13.1 Å². The van der Waals surface area contributed by atoms with Crippen LogP contribution in [0, 0.1) is 5.92 Å². The summed E-state index contributed by atoms with van der Waals surface area (Å²) in [4.78, 5) is 2.42. The van der Waals surface area contributed by atoms with Crippen LogP contribution >= 0.6 is 15.9 Å². The maximum Gasteiger partial charge on any atom is 0.0600 e. The standard InChI is InChI=1S/C18H21BrN2/c19-16-6-7-18(17(20)13-16)21-10-8-15(9-11-21)12-14-4-2-1-3-5-14/h1-7,13,15H,8-12,20H2. The van der Waals surface area contributed by atoms with Gasteiger partial charge in [-0.05, 0) is 48.9 Å². The summed E-state index contributed by atoms with van der Waals surface area (Å²) >= 11 is 3.47. The molecule has 3 heteroatoms. The lowest BCUT2D eigenvalue weighted by molar-refractivity contribution is 0.404. The molecule has 0 bridgehead atoms. The summed E-state index contributed by atoms with van der Waals surface area (Å²) in [5.41, 5.74) is 9.64. The fourth-order valence-corrected chi connectivity index (χ4v) is 3.52. The van der Waals surface area contributed by atoms with E-state index in [2.05, 4.69) is 63.3 Å². The lowest BCUT2D eigenvalue weighted by atomic mass is 9.90. The quantitative estimate of drug-likeness (QED) is 0.831. The van der Waals surface area contributed by atoms with Crippen molar-refractivity contribution in [2.45, 2.75) is 19.3 Å². The van der Waals surface area contributed by atoms with E-state index in [9.17, 15) is 0 Å². The van der Waals surface area contributed by atoms with Crippen molar-refractivity contribution in [1.82, 2.24) is 0 Å². The molecule has 1 aliphatic heterocycles. The van der Waals surface area contributed by atoms with Crippen molar-refractivity contribution < 1.29 is 0 Å². The van der Waals surface area contributed by atoms with Crippen LogP contribution in [0.25, 0.3) is 0 Å². The highest BCUT2D eigenvalue weighted by molar-refractivity contribution is 9.10. The van der Waals surface area contributed by atoms with Gasteiger partial charge in [-0.25, -0.2) is 0 Å². The molecule has 1 saturated heterocycles. The number of hydrogen-bond acceptors (Lipinski definition) is 2. The van der Waals surface area contributed by atoms with Crippen molar-refractivity contribution in [3.8, 4) is 0 Å². The number of hydrogen-bond donors (Lipinski definition) is 1. The van der Waals surface area contributed by atoms with Crippen LogP contribution in [0.4, 0.5) is 11.4 Å². The van der Waals surface area contributed by atoms with E-state index in [0.29, 0.717) is 0 Å². The minimum absolute atomic E-state index is 0.792. The van der Waals surface area contributed by atoms with Crippen LogP contribution in [0.5, 0.6) is 0 Å². The summed E-state index contributed by atoms with van der Waals surface area (Å²) in [6.07, 6.45) is 3.68. The molecular formula is C18H21BrN2. The minimum Gasteiger partial charge on any atom is -0.397 e. The van der Waals surface area contributed by atoms with E-state index in [0.717, 1.165) is 29.2 Å². The molecule has 0 saturated carbocycles. The second kappa shape index (κ2) is 6.52. The van der Waals surface area contributed by atoms with Gasteiger partial charge in [0.05, 0.1) is 11.4 Å². The Kier molecular flexibility index (Phi) is 4.49. The molecule has 1 fully saturated rings.